The average molecular weight is 474 g/mol. The van der Waals surface area contributed by atoms with Crippen LogP contribution in [0, 0.1) is 13.8 Å². The van der Waals surface area contributed by atoms with Crippen molar-refractivity contribution >= 4 is 32.2 Å². The van der Waals surface area contributed by atoms with E-state index in [1.54, 1.807) is 25.3 Å². The van der Waals surface area contributed by atoms with Gasteiger partial charge in [-0.2, -0.15) is 4.52 Å². The molecule has 0 fully saturated rings. The molecule has 8 nitrogen and oxygen atoms in total. The van der Waals surface area contributed by atoms with E-state index in [2.05, 4.69) is 20.6 Å². The van der Waals surface area contributed by atoms with Crippen LogP contribution in [0.4, 0.5) is 5.82 Å². The maximum absolute atomic E-state index is 13.5. The highest BCUT2D eigenvalue weighted by Crippen LogP contribution is 2.29. The van der Waals surface area contributed by atoms with Gasteiger partial charge in [0.2, 0.25) is 14.9 Å². The Labute approximate surface area is 197 Å². The lowest BCUT2D eigenvalue weighted by Gasteiger charge is -2.11. The lowest BCUT2D eigenvalue weighted by atomic mass is 10.1. The van der Waals surface area contributed by atoms with Crippen LogP contribution >= 0.6 is 0 Å². The first-order chi connectivity index (χ1) is 16.4. The van der Waals surface area contributed by atoms with Gasteiger partial charge >= 0.3 is 0 Å². The summed E-state index contributed by atoms with van der Waals surface area (Å²) in [5, 5.41) is 12.2. The van der Waals surface area contributed by atoms with E-state index in [1.165, 1.54) is 4.52 Å². The van der Waals surface area contributed by atoms with Gasteiger partial charge in [0.1, 0.15) is 11.6 Å². The average Bonchev–Trinajstić information content (AvgIpc) is 3.29. The topological polar surface area (TPSA) is 98.5 Å². The van der Waals surface area contributed by atoms with Crippen LogP contribution in [-0.4, -0.2) is 35.3 Å². The monoisotopic (exact) mass is 473 g/mol. The van der Waals surface area contributed by atoms with Crippen molar-refractivity contribution < 1.29 is 13.2 Å². The number of aromatic nitrogens is 4. The summed E-state index contributed by atoms with van der Waals surface area (Å²) in [4.78, 5) is 4.83. The summed E-state index contributed by atoms with van der Waals surface area (Å²) in [6, 6.07) is 20.3. The molecule has 0 saturated heterocycles. The number of nitrogens with zero attached hydrogens (tertiary/aromatic N) is 4. The van der Waals surface area contributed by atoms with E-state index in [9.17, 15) is 8.42 Å². The van der Waals surface area contributed by atoms with Crippen molar-refractivity contribution in [1.82, 2.24) is 19.8 Å². The molecular weight excluding hydrogens is 450 g/mol. The Morgan fingerprint density at radius 1 is 0.971 bits per heavy atom. The maximum Gasteiger partial charge on any atom is 0.229 e. The normalized spacial score (nSPS) is 11.7. The number of para-hydroxylation sites is 1. The molecule has 2 aromatic heterocycles. The molecule has 0 saturated carbocycles. The Bertz CT molecular complexity index is 1630. The molecule has 0 radical (unpaired) electrons. The van der Waals surface area contributed by atoms with E-state index < -0.39 is 9.84 Å². The number of ether oxygens (including phenoxy) is 1. The first-order valence-electron chi connectivity index (χ1n) is 10.7. The number of aryl methyl sites for hydroxylation is 2. The summed E-state index contributed by atoms with van der Waals surface area (Å²) < 4.78 is 33.6. The van der Waals surface area contributed by atoms with Crippen LogP contribution in [0.2, 0.25) is 0 Å². The third-order valence-corrected chi connectivity index (χ3v) is 7.53. The molecular formula is C25H23N5O3S. The molecule has 9 heteroatoms. The van der Waals surface area contributed by atoms with Crippen molar-refractivity contribution in [3.8, 4) is 5.75 Å². The van der Waals surface area contributed by atoms with Gasteiger partial charge in [-0.1, -0.05) is 35.5 Å². The minimum absolute atomic E-state index is 0.167. The fourth-order valence-corrected chi connectivity index (χ4v) is 5.09. The van der Waals surface area contributed by atoms with Crippen molar-refractivity contribution in [3.63, 3.8) is 0 Å². The van der Waals surface area contributed by atoms with Gasteiger partial charge in [-0.15, -0.1) is 5.10 Å². The molecule has 0 amide bonds. The minimum atomic E-state index is -3.92. The van der Waals surface area contributed by atoms with Crippen LogP contribution in [0.1, 0.15) is 16.7 Å². The zero-order chi connectivity index (χ0) is 23.9. The van der Waals surface area contributed by atoms with Crippen molar-refractivity contribution in [3.05, 3.63) is 83.4 Å². The lowest BCUT2D eigenvalue weighted by molar-refractivity contribution is 0.414. The van der Waals surface area contributed by atoms with Gasteiger partial charge in [-0.05, 0) is 66.9 Å². The molecule has 0 bridgehead atoms. The number of fused-ring (bicyclic) bond motifs is 3. The molecule has 0 aliphatic heterocycles. The van der Waals surface area contributed by atoms with Crippen molar-refractivity contribution in [1.29, 1.82) is 0 Å². The van der Waals surface area contributed by atoms with Gasteiger partial charge in [0.25, 0.3) is 0 Å². The van der Waals surface area contributed by atoms with Crippen molar-refractivity contribution in [2.75, 3.05) is 12.4 Å². The summed E-state index contributed by atoms with van der Waals surface area (Å²) in [6.45, 7) is 4.32. The number of methoxy groups -OCH3 is 1. The molecule has 0 atom stereocenters. The fraction of sp³-hybridized carbons (Fsp3) is 0.160. The zero-order valence-electron chi connectivity index (χ0n) is 19.0. The highest BCUT2D eigenvalue weighted by molar-refractivity contribution is 7.91. The number of sulfone groups is 1. The van der Waals surface area contributed by atoms with Crippen LogP contribution in [0.5, 0.6) is 5.75 Å². The molecule has 0 aliphatic carbocycles. The lowest BCUT2D eigenvalue weighted by Crippen LogP contribution is -2.07. The highest BCUT2D eigenvalue weighted by Gasteiger charge is 2.27. The number of benzene rings is 3. The molecule has 3 aromatic carbocycles. The summed E-state index contributed by atoms with van der Waals surface area (Å²) in [5.41, 5.74) is 3.81. The third kappa shape index (κ3) is 3.73. The summed E-state index contributed by atoms with van der Waals surface area (Å²) in [7, 11) is -2.29. The van der Waals surface area contributed by atoms with E-state index in [-0.39, 0.29) is 15.6 Å². The van der Waals surface area contributed by atoms with Gasteiger partial charge in [0.05, 0.1) is 17.5 Å². The predicted octanol–water partition coefficient (Wildman–Crippen LogP) is 4.35. The second-order valence-corrected chi connectivity index (χ2v) is 9.92. The van der Waals surface area contributed by atoms with E-state index in [0.29, 0.717) is 17.9 Å². The van der Waals surface area contributed by atoms with Crippen LogP contribution in [0.15, 0.2) is 76.7 Å². The second-order valence-electron chi connectivity index (χ2n) is 8.06. The summed E-state index contributed by atoms with van der Waals surface area (Å²) in [5.74, 6) is 1.33. The Hall–Kier alpha value is -3.98. The van der Waals surface area contributed by atoms with Crippen LogP contribution in [0.25, 0.3) is 16.6 Å². The summed E-state index contributed by atoms with van der Waals surface area (Å²) >= 11 is 0. The molecule has 2 heterocycles. The Balaban J connectivity index is 1.61. The number of nitrogens with one attached hydrogen (secondary N) is 1. The summed E-state index contributed by atoms with van der Waals surface area (Å²) in [6.07, 6.45) is 0. The van der Waals surface area contributed by atoms with Crippen molar-refractivity contribution in [2.24, 2.45) is 0 Å². The molecule has 0 aliphatic rings. The van der Waals surface area contributed by atoms with Crippen LogP contribution < -0.4 is 10.1 Å². The van der Waals surface area contributed by atoms with Crippen molar-refractivity contribution in [2.45, 2.75) is 30.3 Å². The molecule has 5 rings (SSSR count). The number of hydrogen-bond donors (Lipinski definition) is 1. The maximum atomic E-state index is 13.5. The molecule has 1 N–H and O–H groups in total. The molecule has 34 heavy (non-hydrogen) atoms. The SMILES string of the molecule is COc1ccc(CNc2nc3c(S(=O)(=O)c4ccc(C)c(C)c4)nnn3c3ccccc23)cc1. The predicted molar refractivity (Wildman–Crippen MR) is 130 cm³/mol. The quantitative estimate of drug-likeness (QED) is 0.391. The van der Waals surface area contributed by atoms with E-state index in [4.69, 9.17) is 4.74 Å². The number of anilines is 1. The Morgan fingerprint density at radius 2 is 1.74 bits per heavy atom. The van der Waals surface area contributed by atoms with Crippen LogP contribution in [-0.2, 0) is 16.4 Å². The molecule has 5 aromatic rings. The van der Waals surface area contributed by atoms with Gasteiger partial charge < -0.3 is 10.1 Å². The standard InChI is InChI=1S/C25H23N5O3S/c1-16-8-13-20(14-17(16)2)34(31,32)25-24-27-23(26-15-18-9-11-19(33-3)12-10-18)21-6-4-5-7-22(21)30(24)29-28-25/h4-14H,15H2,1-3H3,(H,26,27). The van der Waals surface area contributed by atoms with Crippen LogP contribution in [0.3, 0.4) is 0 Å². The third-order valence-electron chi connectivity index (χ3n) is 5.88. The van der Waals surface area contributed by atoms with Gasteiger partial charge in [-0.25, -0.2) is 13.4 Å². The van der Waals surface area contributed by atoms with E-state index >= 15 is 0 Å². The largest absolute Gasteiger partial charge is 0.497 e. The highest BCUT2D eigenvalue weighted by atomic mass is 32.2. The minimum Gasteiger partial charge on any atom is -0.497 e. The van der Waals surface area contributed by atoms with Gasteiger partial charge in [0.15, 0.2) is 5.65 Å². The Kier molecular flexibility index (Phi) is 5.41. The van der Waals surface area contributed by atoms with E-state index in [1.807, 2.05) is 62.4 Å². The number of hydrogen-bond acceptors (Lipinski definition) is 7. The fourth-order valence-electron chi connectivity index (χ4n) is 3.78. The molecule has 0 unspecified atom stereocenters. The molecule has 0 spiro atoms. The second kappa shape index (κ2) is 8.42. The van der Waals surface area contributed by atoms with Gasteiger partial charge in [0, 0.05) is 11.9 Å². The van der Waals surface area contributed by atoms with E-state index in [0.717, 1.165) is 27.8 Å². The smallest absolute Gasteiger partial charge is 0.229 e. The number of rotatable bonds is 6. The molecule has 172 valence electrons. The zero-order valence-corrected chi connectivity index (χ0v) is 19.8. The first kappa shape index (κ1) is 21.8. The van der Waals surface area contributed by atoms with Gasteiger partial charge in [-0.3, -0.25) is 0 Å². The first-order valence-corrected chi connectivity index (χ1v) is 12.2. The Morgan fingerprint density at radius 3 is 2.47 bits per heavy atom.